The van der Waals surface area contributed by atoms with Gasteiger partial charge in [-0.05, 0) is 39.9 Å². The van der Waals surface area contributed by atoms with Crippen LogP contribution in [0, 0.1) is 12.3 Å². The summed E-state index contributed by atoms with van der Waals surface area (Å²) in [6.07, 6.45) is 1.93. The zero-order chi connectivity index (χ0) is 13.9. The zero-order valence-corrected chi connectivity index (χ0v) is 12.8. The maximum atomic E-state index is 11.8. The summed E-state index contributed by atoms with van der Waals surface area (Å²) >= 11 is 3.32. The Morgan fingerprint density at radius 3 is 2.67 bits per heavy atom. The second-order valence-electron chi connectivity index (χ2n) is 5.56. The highest BCUT2D eigenvalue weighted by molar-refractivity contribution is 9.10. The summed E-state index contributed by atoms with van der Waals surface area (Å²) in [7, 11) is 0. The van der Waals surface area contributed by atoms with Crippen LogP contribution in [0.4, 0.5) is 5.69 Å². The third-order valence-corrected chi connectivity index (χ3v) is 3.65. The first-order chi connectivity index (χ1) is 8.20. The molecule has 0 bridgehead atoms. The summed E-state index contributed by atoms with van der Waals surface area (Å²) in [5.74, 6) is -0.0825. The van der Waals surface area contributed by atoms with E-state index in [-0.39, 0.29) is 17.4 Å². The standard InChI is InChI=1S/C13H20BrN3O/c1-8-5-9(7-16-12(8)14)17-11(18)6-10(15)13(2,3)4/h5,7,10H,6,15H2,1-4H3,(H,17,18). The SMILES string of the molecule is Cc1cc(NC(=O)CC(N)C(C)(C)C)cnc1Br. The number of carbonyl (C=O) groups excluding carboxylic acids is 1. The lowest BCUT2D eigenvalue weighted by Crippen LogP contribution is -2.38. The van der Waals surface area contributed by atoms with E-state index in [9.17, 15) is 4.79 Å². The van der Waals surface area contributed by atoms with E-state index in [1.807, 2.05) is 33.8 Å². The maximum absolute atomic E-state index is 11.8. The van der Waals surface area contributed by atoms with Crippen LogP contribution in [0.5, 0.6) is 0 Å². The Morgan fingerprint density at radius 1 is 1.56 bits per heavy atom. The first kappa shape index (κ1) is 15.1. The van der Waals surface area contributed by atoms with Crippen molar-refractivity contribution in [3.63, 3.8) is 0 Å². The monoisotopic (exact) mass is 313 g/mol. The number of nitrogens with one attached hydrogen (secondary N) is 1. The quantitative estimate of drug-likeness (QED) is 0.843. The molecule has 4 nitrogen and oxygen atoms in total. The first-order valence-corrected chi connectivity index (χ1v) is 6.67. The maximum Gasteiger partial charge on any atom is 0.225 e. The second kappa shape index (κ2) is 5.80. The largest absolute Gasteiger partial charge is 0.327 e. The topological polar surface area (TPSA) is 68.0 Å². The fourth-order valence-corrected chi connectivity index (χ4v) is 1.56. The molecule has 0 saturated carbocycles. The number of hydrogen-bond donors (Lipinski definition) is 2. The molecule has 1 rings (SSSR count). The van der Waals surface area contributed by atoms with Gasteiger partial charge in [0.2, 0.25) is 5.91 Å². The molecule has 5 heteroatoms. The minimum atomic E-state index is -0.165. The van der Waals surface area contributed by atoms with Gasteiger partial charge in [0.15, 0.2) is 0 Å². The Balaban J connectivity index is 2.62. The van der Waals surface area contributed by atoms with Crippen LogP contribution in [0.2, 0.25) is 0 Å². The van der Waals surface area contributed by atoms with E-state index >= 15 is 0 Å². The lowest BCUT2D eigenvalue weighted by Gasteiger charge is -2.26. The Bertz CT molecular complexity index is 440. The van der Waals surface area contributed by atoms with Gasteiger partial charge in [-0.2, -0.15) is 0 Å². The van der Waals surface area contributed by atoms with Crippen molar-refractivity contribution >= 4 is 27.5 Å². The zero-order valence-electron chi connectivity index (χ0n) is 11.2. The van der Waals surface area contributed by atoms with Crippen LogP contribution in [-0.4, -0.2) is 16.9 Å². The number of nitrogens with two attached hydrogens (primary N) is 1. The summed E-state index contributed by atoms with van der Waals surface area (Å²) in [6.45, 7) is 8.00. The Hall–Kier alpha value is -0.940. The van der Waals surface area contributed by atoms with Gasteiger partial charge in [0, 0.05) is 12.5 Å². The molecule has 18 heavy (non-hydrogen) atoms. The fourth-order valence-electron chi connectivity index (χ4n) is 1.34. The highest BCUT2D eigenvalue weighted by Gasteiger charge is 2.23. The molecule has 0 saturated heterocycles. The van der Waals surface area contributed by atoms with Gasteiger partial charge in [0.25, 0.3) is 0 Å². The molecular formula is C13H20BrN3O. The predicted octanol–water partition coefficient (Wildman–Crippen LogP) is 2.85. The lowest BCUT2D eigenvalue weighted by molar-refractivity contribution is -0.117. The smallest absolute Gasteiger partial charge is 0.225 e. The van der Waals surface area contributed by atoms with Crippen molar-refractivity contribution in [3.05, 3.63) is 22.4 Å². The van der Waals surface area contributed by atoms with E-state index in [2.05, 4.69) is 26.2 Å². The van der Waals surface area contributed by atoms with E-state index in [0.29, 0.717) is 12.1 Å². The van der Waals surface area contributed by atoms with E-state index < -0.39 is 0 Å². The molecule has 0 aliphatic heterocycles. The third-order valence-electron chi connectivity index (χ3n) is 2.82. The molecule has 1 amide bonds. The Kier molecular flexibility index (Phi) is 4.87. The molecule has 0 spiro atoms. The van der Waals surface area contributed by atoms with Crippen molar-refractivity contribution in [1.82, 2.24) is 4.98 Å². The molecule has 1 unspecified atom stereocenters. The van der Waals surface area contributed by atoms with Crippen molar-refractivity contribution in [2.24, 2.45) is 11.1 Å². The van der Waals surface area contributed by atoms with Gasteiger partial charge in [0.1, 0.15) is 4.60 Å². The molecular weight excluding hydrogens is 294 g/mol. The molecule has 1 aromatic heterocycles. The van der Waals surface area contributed by atoms with Crippen LogP contribution in [0.3, 0.4) is 0 Å². The van der Waals surface area contributed by atoms with Crippen molar-refractivity contribution in [3.8, 4) is 0 Å². The van der Waals surface area contributed by atoms with Gasteiger partial charge in [0.05, 0.1) is 11.9 Å². The third kappa shape index (κ3) is 4.38. The molecule has 1 heterocycles. The summed E-state index contributed by atoms with van der Waals surface area (Å²) in [5, 5.41) is 2.81. The Labute approximate surface area is 116 Å². The molecule has 0 fully saturated rings. The molecule has 1 aromatic rings. The number of pyridine rings is 1. The molecule has 3 N–H and O–H groups in total. The summed E-state index contributed by atoms with van der Waals surface area (Å²) in [5.41, 5.74) is 7.57. The average molecular weight is 314 g/mol. The van der Waals surface area contributed by atoms with Crippen molar-refractivity contribution in [1.29, 1.82) is 0 Å². The molecule has 0 aliphatic carbocycles. The second-order valence-corrected chi connectivity index (χ2v) is 6.31. The number of nitrogens with zero attached hydrogens (tertiary/aromatic N) is 1. The summed E-state index contributed by atoms with van der Waals surface area (Å²) < 4.78 is 0.784. The van der Waals surface area contributed by atoms with E-state index in [1.165, 1.54) is 0 Å². The van der Waals surface area contributed by atoms with Gasteiger partial charge in [-0.25, -0.2) is 4.98 Å². The molecule has 1 atom stereocenters. The number of carbonyl (C=O) groups is 1. The number of halogens is 1. The fraction of sp³-hybridized carbons (Fsp3) is 0.538. The number of rotatable bonds is 3. The van der Waals surface area contributed by atoms with Gasteiger partial charge >= 0.3 is 0 Å². The number of aryl methyl sites for hydroxylation is 1. The minimum Gasteiger partial charge on any atom is -0.327 e. The lowest BCUT2D eigenvalue weighted by atomic mass is 9.85. The van der Waals surface area contributed by atoms with E-state index in [1.54, 1.807) is 6.20 Å². The number of hydrogen-bond acceptors (Lipinski definition) is 3. The first-order valence-electron chi connectivity index (χ1n) is 5.87. The van der Waals surface area contributed by atoms with E-state index in [0.717, 1.165) is 10.2 Å². The average Bonchev–Trinajstić information content (AvgIpc) is 2.22. The Morgan fingerprint density at radius 2 is 2.17 bits per heavy atom. The van der Waals surface area contributed by atoms with Crippen LogP contribution in [0.1, 0.15) is 32.8 Å². The van der Waals surface area contributed by atoms with Crippen molar-refractivity contribution in [2.75, 3.05) is 5.32 Å². The molecule has 0 aliphatic rings. The highest BCUT2D eigenvalue weighted by Crippen LogP contribution is 2.21. The summed E-state index contributed by atoms with van der Waals surface area (Å²) in [6, 6.07) is 1.71. The number of anilines is 1. The van der Waals surface area contributed by atoms with Crippen LogP contribution < -0.4 is 11.1 Å². The van der Waals surface area contributed by atoms with Crippen LogP contribution >= 0.6 is 15.9 Å². The van der Waals surface area contributed by atoms with Gasteiger partial charge in [-0.15, -0.1) is 0 Å². The van der Waals surface area contributed by atoms with Gasteiger partial charge < -0.3 is 11.1 Å². The number of amides is 1. The predicted molar refractivity (Wildman–Crippen MR) is 77.4 cm³/mol. The van der Waals surface area contributed by atoms with Crippen LogP contribution in [-0.2, 0) is 4.79 Å². The van der Waals surface area contributed by atoms with Crippen molar-refractivity contribution in [2.45, 2.75) is 40.2 Å². The highest BCUT2D eigenvalue weighted by atomic mass is 79.9. The summed E-state index contributed by atoms with van der Waals surface area (Å²) in [4.78, 5) is 16.0. The van der Waals surface area contributed by atoms with Crippen LogP contribution in [0.25, 0.3) is 0 Å². The number of aromatic nitrogens is 1. The van der Waals surface area contributed by atoms with Crippen molar-refractivity contribution < 1.29 is 4.79 Å². The van der Waals surface area contributed by atoms with Gasteiger partial charge in [-0.3, -0.25) is 4.79 Å². The van der Waals surface area contributed by atoms with Crippen LogP contribution in [0.15, 0.2) is 16.9 Å². The van der Waals surface area contributed by atoms with E-state index in [4.69, 9.17) is 5.73 Å². The minimum absolute atomic E-state index is 0.0782. The van der Waals surface area contributed by atoms with Gasteiger partial charge in [-0.1, -0.05) is 20.8 Å². The normalized spacial score (nSPS) is 13.2. The molecule has 100 valence electrons. The molecule has 0 aromatic carbocycles. The molecule has 0 radical (unpaired) electrons.